The van der Waals surface area contributed by atoms with Crippen molar-refractivity contribution in [2.24, 2.45) is 0 Å². The van der Waals surface area contributed by atoms with Crippen LogP contribution < -0.4 is 23.8 Å². The molecule has 2 aliphatic heterocycles. The maximum absolute atomic E-state index is 13.7. The summed E-state index contributed by atoms with van der Waals surface area (Å²) in [6.45, 7) is 5.21. The Morgan fingerprint density at radius 2 is 1.74 bits per heavy atom. The minimum atomic E-state index is -1.06. The van der Waals surface area contributed by atoms with Crippen molar-refractivity contribution in [3.63, 3.8) is 0 Å². The van der Waals surface area contributed by atoms with Gasteiger partial charge in [0.2, 0.25) is 5.13 Å². The van der Waals surface area contributed by atoms with Gasteiger partial charge in [0.05, 0.1) is 24.8 Å². The Balaban J connectivity index is 1.42. The minimum absolute atomic E-state index is 0.120. The van der Waals surface area contributed by atoms with Crippen molar-refractivity contribution in [2.75, 3.05) is 31.3 Å². The van der Waals surface area contributed by atoms with Gasteiger partial charge in [-0.15, -0.1) is 10.2 Å². The van der Waals surface area contributed by atoms with Crippen LogP contribution in [0.15, 0.2) is 64.5 Å². The zero-order chi connectivity index (χ0) is 32.4. The lowest BCUT2D eigenvalue weighted by molar-refractivity contribution is -0.132. The number of aliphatic hydroxyl groups excluding tert-OH is 1. The number of aliphatic hydroxyl groups is 1. The van der Waals surface area contributed by atoms with Crippen LogP contribution in [0.4, 0.5) is 5.13 Å². The summed E-state index contributed by atoms with van der Waals surface area (Å²) in [6, 6.07) is 14.2. The Morgan fingerprint density at radius 1 is 0.978 bits per heavy atom. The first-order valence-electron chi connectivity index (χ1n) is 14.3. The number of nitrogens with zero attached hydrogens (tertiary/aromatic N) is 3. The molecule has 4 aromatic rings. The van der Waals surface area contributed by atoms with Gasteiger partial charge in [0.25, 0.3) is 5.78 Å². The van der Waals surface area contributed by atoms with E-state index in [9.17, 15) is 14.7 Å². The van der Waals surface area contributed by atoms with E-state index in [2.05, 4.69) is 10.2 Å². The summed E-state index contributed by atoms with van der Waals surface area (Å²) in [6.07, 6.45) is 0. The quantitative estimate of drug-likeness (QED) is 0.0592. The third kappa shape index (κ3) is 6.35. The maximum Gasteiger partial charge on any atom is 0.301 e. The zero-order valence-electron chi connectivity index (χ0n) is 24.6. The summed E-state index contributed by atoms with van der Waals surface area (Å²) in [5.74, 6) is 0.261. The van der Waals surface area contributed by atoms with Crippen molar-refractivity contribution in [2.45, 2.75) is 30.0 Å². The molecule has 6 rings (SSSR count). The molecule has 1 saturated heterocycles. The Bertz CT molecular complexity index is 1850. The van der Waals surface area contributed by atoms with Gasteiger partial charge in [-0.25, -0.2) is 0 Å². The van der Waals surface area contributed by atoms with Crippen molar-refractivity contribution in [1.29, 1.82) is 0 Å². The molecule has 46 heavy (non-hydrogen) atoms. The van der Waals surface area contributed by atoms with Crippen LogP contribution >= 0.6 is 46.3 Å². The SMILES string of the molecule is CCOc1ccc([C@H]2C(=C(O)c3ccc4c(c3)OCCO4)C(=O)C(=O)N2c2nnc(SCc3ccc(Cl)cc3Cl)s2)cc1OCC. The molecule has 1 N–H and O–H groups in total. The highest BCUT2D eigenvalue weighted by Crippen LogP contribution is 2.46. The van der Waals surface area contributed by atoms with E-state index in [0.717, 1.165) is 16.9 Å². The van der Waals surface area contributed by atoms with Gasteiger partial charge in [-0.3, -0.25) is 14.5 Å². The van der Waals surface area contributed by atoms with E-state index >= 15 is 0 Å². The Morgan fingerprint density at radius 3 is 2.50 bits per heavy atom. The van der Waals surface area contributed by atoms with Gasteiger partial charge in [0.1, 0.15) is 19.0 Å². The number of fused-ring (bicyclic) bond motifs is 1. The standard InChI is InChI=1S/C32H27Cl2N3O7S2/c1-3-41-22-9-6-17(13-24(22)42-4-2)27-26(28(38)18-7-10-23-25(14-18)44-12-11-43-23)29(39)30(40)37(27)31-35-36-32(46-31)45-16-19-5-8-20(33)15-21(19)34/h5-10,13-15,27,38H,3-4,11-12,16H2,1-2H3/t27-/m0/s1. The van der Waals surface area contributed by atoms with Crippen LogP contribution in [-0.4, -0.2) is 53.4 Å². The van der Waals surface area contributed by atoms with Gasteiger partial charge in [-0.1, -0.05) is 58.4 Å². The molecule has 1 fully saturated rings. The monoisotopic (exact) mass is 699 g/mol. The van der Waals surface area contributed by atoms with Gasteiger partial charge in [0.15, 0.2) is 27.3 Å². The number of hydrogen-bond donors (Lipinski definition) is 1. The molecule has 0 radical (unpaired) electrons. The fourth-order valence-electron chi connectivity index (χ4n) is 5.07. The molecule has 1 atom stereocenters. The van der Waals surface area contributed by atoms with Crippen LogP contribution in [0.3, 0.4) is 0 Å². The number of thioether (sulfide) groups is 1. The largest absolute Gasteiger partial charge is 0.507 e. The molecular formula is C32H27Cl2N3O7S2. The smallest absolute Gasteiger partial charge is 0.301 e. The molecule has 0 aliphatic carbocycles. The van der Waals surface area contributed by atoms with E-state index in [-0.39, 0.29) is 22.0 Å². The number of carbonyl (C=O) groups is 2. The van der Waals surface area contributed by atoms with Crippen molar-refractivity contribution in [3.8, 4) is 23.0 Å². The summed E-state index contributed by atoms with van der Waals surface area (Å²) in [5, 5.41) is 21.5. The topological polar surface area (TPSA) is 120 Å². The summed E-state index contributed by atoms with van der Waals surface area (Å²) < 4.78 is 23.4. The average Bonchev–Trinajstić information content (AvgIpc) is 3.62. The lowest BCUT2D eigenvalue weighted by Gasteiger charge is -2.24. The molecule has 2 aliphatic rings. The third-order valence-corrected chi connectivity index (χ3v) is 9.80. The molecule has 14 heteroatoms. The van der Waals surface area contributed by atoms with Crippen molar-refractivity contribution in [3.05, 3.63) is 86.9 Å². The highest BCUT2D eigenvalue weighted by Gasteiger charge is 2.48. The highest BCUT2D eigenvalue weighted by atomic mass is 35.5. The van der Waals surface area contributed by atoms with Crippen molar-refractivity contribution < 1.29 is 33.6 Å². The molecule has 0 spiro atoms. The predicted octanol–water partition coefficient (Wildman–Crippen LogP) is 7.33. The number of benzene rings is 3. The van der Waals surface area contributed by atoms with Crippen LogP contribution in [0.2, 0.25) is 10.0 Å². The van der Waals surface area contributed by atoms with Crippen LogP contribution in [-0.2, 0) is 15.3 Å². The second-order valence-corrected chi connectivity index (χ2v) is 13.0. The van der Waals surface area contributed by atoms with E-state index in [1.54, 1.807) is 48.5 Å². The van der Waals surface area contributed by atoms with Crippen LogP contribution in [0, 0.1) is 0 Å². The van der Waals surface area contributed by atoms with E-state index in [0.29, 0.717) is 75.1 Å². The lowest BCUT2D eigenvalue weighted by Crippen LogP contribution is -2.29. The number of anilines is 1. The second kappa shape index (κ2) is 13.8. The first-order valence-corrected chi connectivity index (χ1v) is 16.9. The average molecular weight is 701 g/mol. The zero-order valence-corrected chi connectivity index (χ0v) is 27.8. The number of hydrogen-bond acceptors (Lipinski definition) is 11. The third-order valence-electron chi connectivity index (χ3n) is 7.11. The molecule has 238 valence electrons. The first kappa shape index (κ1) is 32.0. The number of ether oxygens (including phenoxy) is 4. The Labute approximate surface area is 282 Å². The van der Waals surface area contributed by atoms with Gasteiger partial charge in [-0.2, -0.15) is 0 Å². The number of amides is 1. The molecule has 1 aromatic heterocycles. The normalized spacial score (nSPS) is 17.0. The van der Waals surface area contributed by atoms with E-state index in [1.165, 1.54) is 16.7 Å². The first-order chi connectivity index (χ1) is 22.3. The summed E-state index contributed by atoms with van der Waals surface area (Å²) in [4.78, 5) is 28.7. The number of halogens is 2. The number of rotatable bonds is 10. The number of ketones is 1. The Hall–Kier alpha value is -3.97. The molecule has 0 bridgehead atoms. The summed E-state index contributed by atoms with van der Waals surface area (Å²) in [5.41, 5.74) is 1.52. The van der Waals surface area contributed by atoms with Gasteiger partial charge in [0, 0.05) is 21.4 Å². The number of aromatic nitrogens is 2. The molecule has 0 saturated carbocycles. The highest BCUT2D eigenvalue weighted by molar-refractivity contribution is 8.00. The van der Waals surface area contributed by atoms with Gasteiger partial charge < -0.3 is 24.1 Å². The minimum Gasteiger partial charge on any atom is -0.507 e. The van der Waals surface area contributed by atoms with Crippen LogP contribution in [0.25, 0.3) is 5.76 Å². The molecular weight excluding hydrogens is 673 g/mol. The van der Waals surface area contributed by atoms with Gasteiger partial charge in [-0.05, 0) is 67.4 Å². The van der Waals surface area contributed by atoms with Crippen molar-refractivity contribution >= 4 is 68.9 Å². The molecule has 3 heterocycles. The predicted molar refractivity (Wildman–Crippen MR) is 177 cm³/mol. The number of carbonyl (C=O) groups excluding carboxylic acids is 2. The van der Waals surface area contributed by atoms with Crippen LogP contribution in [0.5, 0.6) is 23.0 Å². The Kier molecular flexibility index (Phi) is 9.60. The van der Waals surface area contributed by atoms with Crippen molar-refractivity contribution in [1.82, 2.24) is 10.2 Å². The molecule has 3 aromatic carbocycles. The molecule has 0 unspecified atom stereocenters. The lowest BCUT2D eigenvalue weighted by atomic mass is 9.95. The fraction of sp³-hybridized carbons (Fsp3) is 0.250. The molecule has 10 nitrogen and oxygen atoms in total. The number of Topliss-reactive ketones (excluding diaryl/α,β-unsaturated/α-hetero) is 1. The summed E-state index contributed by atoms with van der Waals surface area (Å²) >= 11 is 14.9. The second-order valence-electron chi connectivity index (χ2n) is 9.97. The van der Waals surface area contributed by atoms with Gasteiger partial charge >= 0.3 is 5.91 Å². The maximum atomic E-state index is 13.7. The fourth-order valence-corrected chi connectivity index (χ4v) is 7.49. The van der Waals surface area contributed by atoms with E-state index in [1.807, 2.05) is 19.9 Å². The van der Waals surface area contributed by atoms with E-state index < -0.39 is 17.7 Å². The van der Waals surface area contributed by atoms with E-state index in [4.69, 9.17) is 42.1 Å². The van der Waals surface area contributed by atoms with Crippen LogP contribution in [0.1, 0.15) is 36.6 Å². The molecule has 1 amide bonds. The summed E-state index contributed by atoms with van der Waals surface area (Å²) in [7, 11) is 0.